The maximum atomic E-state index is 12.9. The Morgan fingerprint density at radius 2 is 1.91 bits per heavy atom. The molecule has 3 N–H and O–H groups in total. The lowest BCUT2D eigenvalue weighted by molar-refractivity contribution is -0.140. The number of aliphatic carboxylic acids is 1. The summed E-state index contributed by atoms with van der Waals surface area (Å²) in [7, 11) is 0. The molecular weight excluding hydrogens is 410 g/mol. The lowest BCUT2D eigenvalue weighted by Crippen LogP contribution is -2.45. The molecule has 8 nitrogen and oxygen atoms in total. The molecule has 1 amide bonds. The fourth-order valence-electron chi connectivity index (χ4n) is 3.43. The Morgan fingerprint density at radius 3 is 2.47 bits per heavy atom. The molecule has 2 rings (SSSR count). The number of benzene rings is 1. The van der Waals surface area contributed by atoms with Crippen molar-refractivity contribution in [3.05, 3.63) is 45.4 Å². The molecule has 2 atom stereocenters. The standard InChI is InChI=1S/C24H33N3O5/c1-6-12-32-19-11-10-15(22(28)26-20(24(30)31)14(5)7-2)13-17(19)21-25-18(9-4)16(8-3)23(29)27-21/h10-11,13-14,20H,6-9,12H2,1-5H3,(H,26,28)(H,30,31)(H,25,27,29). The van der Waals surface area contributed by atoms with Crippen molar-refractivity contribution < 1.29 is 19.4 Å². The van der Waals surface area contributed by atoms with E-state index < -0.39 is 17.9 Å². The molecule has 0 aliphatic heterocycles. The monoisotopic (exact) mass is 443 g/mol. The maximum Gasteiger partial charge on any atom is 0.326 e. The number of carbonyl (C=O) groups excluding carboxylic acids is 1. The highest BCUT2D eigenvalue weighted by Gasteiger charge is 2.26. The quantitative estimate of drug-likeness (QED) is 0.488. The van der Waals surface area contributed by atoms with Crippen molar-refractivity contribution in [1.82, 2.24) is 15.3 Å². The summed E-state index contributed by atoms with van der Waals surface area (Å²) in [5.74, 6) is -1.00. The third-order valence-corrected chi connectivity index (χ3v) is 5.51. The molecule has 0 spiro atoms. The van der Waals surface area contributed by atoms with E-state index in [4.69, 9.17) is 4.74 Å². The van der Waals surface area contributed by atoms with E-state index in [1.165, 1.54) is 0 Å². The van der Waals surface area contributed by atoms with E-state index in [1.807, 2.05) is 27.7 Å². The molecule has 0 aliphatic carbocycles. The van der Waals surface area contributed by atoms with Gasteiger partial charge in [-0.3, -0.25) is 9.59 Å². The normalized spacial score (nSPS) is 12.8. The van der Waals surface area contributed by atoms with Gasteiger partial charge in [0.15, 0.2) is 0 Å². The lowest BCUT2D eigenvalue weighted by atomic mass is 9.98. The Hall–Kier alpha value is -3.16. The summed E-state index contributed by atoms with van der Waals surface area (Å²) >= 11 is 0. The first-order chi connectivity index (χ1) is 15.3. The number of carboxylic acid groups (broad SMARTS) is 1. The van der Waals surface area contributed by atoms with Crippen LogP contribution in [0.1, 0.15) is 69.1 Å². The van der Waals surface area contributed by atoms with Gasteiger partial charge in [0.1, 0.15) is 17.6 Å². The average molecular weight is 444 g/mol. The summed E-state index contributed by atoms with van der Waals surface area (Å²) < 4.78 is 5.83. The van der Waals surface area contributed by atoms with Crippen molar-refractivity contribution in [2.45, 2.75) is 66.3 Å². The summed E-state index contributed by atoms with van der Waals surface area (Å²) in [5.41, 5.74) is 1.87. The summed E-state index contributed by atoms with van der Waals surface area (Å²) in [6, 6.07) is 3.82. The van der Waals surface area contributed by atoms with Crippen molar-refractivity contribution in [2.75, 3.05) is 6.61 Å². The molecule has 174 valence electrons. The number of nitrogens with zero attached hydrogens (tertiary/aromatic N) is 1. The molecule has 0 bridgehead atoms. The van der Waals surface area contributed by atoms with Crippen LogP contribution in [0, 0.1) is 5.92 Å². The highest BCUT2D eigenvalue weighted by atomic mass is 16.5. The largest absolute Gasteiger partial charge is 0.493 e. The summed E-state index contributed by atoms with van der Waals surface area (Å²) in [5, 5.41) is 12.1. The van der Waals surface area contributed by atoms with E-state index in [0.717, 1.165) is 6.42 Å². The number of nitrogens with one attached hydrogen (secondary N) is 2. The molecule has 0 saturated heterocycles. The predicted octanol–water partition coefficient (Wildman–Crippen LogP) is 3.58. The zero-order valence-corrected chi connectivity index (χ0v) is 19.4. The average Bonchev–Trinajstić information content (AvgIpc) is 2.79. The number of aromatic amines is 1. The Kier molecular flexibility index (Phi) is 8.99. The van der Waals surface area contributed by atoms with Gasteiger partial charge in [-0.1, -0.05) is 41.0 Å². The maximum absolute atomic E-state index is 12.9. The number of H-pyrrole nitrogens is 1. The van der Waals surface area contributed by atoms with Crippen LogP contribution in [0.4, 0.5) is 0 Å². The second-order valence-corrected chi connectivity index (χ2v) is 7.78. The number of amides is 1. The van der Waals surface area contributed by atoms with E-state index >= 15 is 0 Å². The summed E-state index contributed by atoms with van der Waals surface area (Å²) in [6.45, 7) is 9.94. The van der Waals surface area contributed by atoms with Crippen molar-refractivity contribution >= 4 is 11.9 Å². The Bertz CT molecular complexity index is 1020. The second kappa shape index (κ2) is 11.5. The van der Waals surface area contributed by atoms with E-state index in [-0.39, 0.29) is 17.0 Å². The first-order valence-corrected chi connectivity index (χ1v) is 11.2. The molecule has 1 heterocycles. The van der Waals surface area contributed by atoms with Crippen molar-refractivity contribution in [1.29, 1.82) is 0 Å². The van der Waals surface area contributed by atoms with Gasteiger partial charge in [0, 0.05) is 11.1 Å². The molecule has 2 aromatic rings. The van der Waals surface area contributed by atoms with Gasteiger partial charge in [-0.15, -0.1) is 0 Å². The first-order valence-electron chi connectivity index (χ1n) is 11.2. The molecule has 8 heteroatoms. The van der Waals surface area contributed by atoms with Gasteiger partial charge in [-0.05, 0) is 43.4 Å². The van der Waals surface area contributed by atoms with Gasteiger partial charge in [0.25, 0.3) is 11.5 Å². The third-order valence-electron chi connectivity index (χ3n) is 5.51. The number of carboxylic acids is 1. The third kappa shape index (κ3) is 5.75. The van der Waals surface area contributed by atoms with Gasteiger partial charge in [-0.25, -0.2) is 9.78 Å². The molecule has 0 saturated carbocycles. The van der Waals surface area contributed by atoms with Crippen LogP contribution in [-0.4, -0.2) is 39.6 Å². The van der Waals surface area contributed by atoms with Gasteiger partial charge in [-0.2, -0.15) is 0 Å². The number of rotatable bonds is 11. The summed E-state index contributed by atoms with van der Waals surface area (Å²) in [6.07, 6.45) is 2.57. The molecule has 0 aliphatic rings. The van der Waals surface area contributed by atoms with Crippen LogP contribution in [-0.2, 0) is 17.6 Å². The topological polar surface area (TPSA) is 121 Å². The molecule has 0 fully saturated rings. The van der Waals surface area contributed by atoms with Crippen LogP contribution in [0.25, 0.3) is 11.4 Å². The summed E-state index contributed by atoms with van der Waals surface area (Å²) in [4.78, 5) is 44.5. The fraction of sp³-hybridized carbons (Fsp3) is 0.500. The van der Waals surface area contributed by atoms with Crippen LogP contribution >= 0.6 is 0 Å². The van der Waals surface area contributed by atoms with Crippen LogP contribution in [0.5, 0.6) is 5.75 Å². The van der Waals surface area contributed by atoms with E-state index in [1.54, 1.807) is 25.1 Å². The predicted molar refractivity (Wildman–Crippen MR) is 123 cm³/mol. The van der Waals surface area contributed by atoms with Gasteiger partial charge < -0.3 is 20.1 Å². The van der Waals surface area contributed by atoms with Crippen molar-refractivity contribution in [2.24, 2.45) is 5.92 Å². The van der Waals surface area contributed by atoms with Crippen molar-refractivity contribution in [3.8, 4) is 17.1 Å². The number of aryl methyl sites for hydroxylation is 1. The van der Waals surface area contributed by atoms with Crippen LogP contribution in [0.2, 0.25) is 0 Å². The molecule has 0 radical (unpaired) electrons. The smallest absolute Gasteiger partial charge is 0.326 e. The second-order valence-electron chi connectivity index (χ2n) is 7.78. The number of ether oxygens (including phenoxy) is 1. The number of carbonyl (C=O) groups is 2. The minimum absolute atomic E-state index is 0.214. The van der Waals surface area contributed by atoms with Gasteiger partial charge in [0.2, 0.25) is 0 Å². The fourth-order valence-corrected chi connectivity index (χ4v) is 3.43. The zero-order valence-electron chi connectivity index (χ0n) is 19.4. The van der Waals surface area contributed by atoms with Crippen molar-refractivity contribution in [3.63, 3.8) is 0 Å². The number of hydrogen-bond donors (Lipinski definition) is 3. The first kappa shape index (κ1) is 25.1. The number of aromatic nitrogens is 2. The molecule has 1 aromatic heterocycles. The molecule has 2 unspecified atom stereocenters. The van der Waals surface area contributed by atoms with E-state index in [9.17, 15) is 19.5 Å². The Labute approximate surface area is 188 Å². The minimum Gasteiger partial charge on any atom is -0.493 e. The highest BCUT2D eigenvalue weighted by molar-refractivity contribution is 5.98. The molecular formula is C24H33N3O5. The highest BCUT2D eigenvalue weighted by Crippen LogP contribution is 2.29. The van der Waals surface area contributed by atoms with E-state index in [0.29, 0.717) is 54.3 Å². The van der Waals surface area contributed by atoms with Crippen LogP contribution < -0.4 is 15.6 Å². The van der Waals surface area contributed by atoms with Gasteiger partial charge >= 0.3 is 5.97 Å². The Morgan fingerprint density at radius 1 is 1.19 bits per heavy atom. The zero-order chi connectivity index (χ0) is 23.8. The Balaban J connectivity index is 2.54. The molecule has 1 aromatic carbocycles. The molecule has 32 heavy (non-hydrogen) atoms. The van der Waals surface area contributed by atoms with Crippen LogP contribution in [0.15, 0.2) is 23.0 Å². The number of hydrogen-bond acceptors (Lipinski definition) is 5. The van der Waals surface area contributed by atoms with E-state index in [2.05, 4.69) is 15.3 Å². The van der Waals surface area contributed by atoms with Gasteiger partial charge in [0.05, 0.1) is 17.9 Å². The minimum atomic E-state index is -1.08. The van der Waals surface area contributed by atoms with Crippen LogP contribution in [0.3, 0.4) is 0 Å². The lowest BCUT2D eigenvalue weighted by Gasteiger charge is -2.20. The SMILES string of the molecule is CCCOc1ccc(C(=O)NC(C(=O)O)C(C)CC)cc1-c1nc(CC)c(CC)c(=O)[nH]1.